The van der Waals surface area contributed by atoms with Gasteiger partial charge in [-0.05, 0) is 105 Å². The number of esters is 1. The number of pyridine rings is 1. The minimum Gasteiger partial charge on any atom is -0.493 e. The van der Waals surface area contributed by atoms with Crippen LogP contribution in [0.15, 0.2) is 60.8 Å². The van der Waals surface area contributed by atoms with Crippen molar-refractivity contribution in [2.24, 2.45) is 5.92 Å². The number of carbonyl (C=O) groups is 1. The molecule has 2 unspecified atom stereocenters. The molecule has 1 fully saturated rings. The Labute approximate surface area is 240 Å². The summed E-state index contributed by atoms with van der Waals surface area (Å²) in [5, 5.41) is 4.14. The number of hydrogen-bond donors (Lipinski definition) is 1. The third-order valence-corrected chi connectivity index (χ3v) is 9.76. The Morgan fingerprint density at radius 3 is 2.75 bits per heavy atom. The van der Waals surface area contributed by atoms with Crippen molar-refractivity contribution < 1.29 is 18.7 Å². The lowest BCUT2D eigenvalue weighted by molar-refractivity contribution is -0.148. The highest BCUT2D eigenvalue weighted by Gasteiger charge is 2.54. The van der Waals surface area contributed by atoms with E-state index in [-0.39, 0.29) is 11.4 Å². The minimum absolute atomic E-state index is 0.0174. The number of hydrogen-bond acceptors (Lipinski definition) is 5. The van der Waals surface area contributed by atoms with Gasteiger partial charge in [-0.15, -0.1) is 0 Å². The van der Waals surface area contributed by atoms with Gasteiger partial charge in [0.1, 0.15) is 17.5 Å². The second-order valence-corrected chi connectivity index (χ2v) is 12.0. The molecule has 0 saturated heterocycles. The Bertz CT molecular complexity index is 1390. The Hall–Kier alpha value is -3.12. The summed E-state index contributed by atoms with van der Waals surface area (Å²) in [6.45, 7) is 0.596. The van der Waals surface area contributed by atoms with E-state index < -0.39 is 11.7 Å². The lowest BCUT2D eigenvalue weighted by Gasteiger charge is -2.47. The molecule has 0 aliphatic heterocycles. The number of methoxy groups -OCH3 is 1. The Morgan fingerprint density at radius 2 is 1.95 bits per heavy atom. The van der Waals surface area contributed by atoms with E-state index in [1.165, 1.54) is 18.2 Å². The largest absolute Gasteiger partial charge is 0.493 e. The monoisotopic (exact) mass is 562 g/mol. The van der Waals surface area contributed by atoms with E-state index in [1.54, 1.807) is 6.20 Å². The van der Waals surface area contributed by atoms with Gasteiger partial charge in [0.05, 0.1) is 19.4 Å². The summed E-state index contributed by atoms with van der Waals surface area (Å²) >= 11 is 6.24. The first-order chi connectivity index (χ1) is 19.4. The first-order valence-corrected chi connectivity index (χ1v) is 14.8. The number of carbonyl (C=O) groups excluding carboxylic acids is 1. The predicted molar refractivity (Wildman–Crippen MR) is 155 cm³/mol. The summed E-state index contributed by atoms with van der Waals surface area (Å²) in [6, 6.07) is 18.2. The summed E-state index contributed by atoms with van der Waals surface area (Å²) in [5.74, 6) is 1.02. The third kappa shape index (κ3) is 4.85. The van der Waals surface area contributed by atoms with Crippen molar-refractivity contribution in [1.82, 2.24) is 4.98 Å². The van der Waals surface area contributed by atoms with Crippen LogP contribution in [0.4, 0.5) is 10.1 Å². The molecular formula is C33H36ClFN2O3. The number of nitrogens with zero attached hydrogens (tertiary/aromatic N) is 1. The highest BCUT2D eigenvalue weighted by atomic mass is 35.5. The molecule has 2 atom stereocenters. The maximum atomic E-state index is 14.1. The van der Waals surface area contributed by atoms with Crippen molar-refractivity contribution in [2.75, 3.05) is 19.0 Å². The molecule has 210 valence electrons. The van der Waals surface area contributed by atoms with Crippen molar-refractivity contribution in [3.8, 4) is 5.75 Å². The van der Waals surface area contributed by atoms with Crippen LogP contribution >= 0.6 is 11.6 Å². The van der Waals surface area contributed by atoms with Crippen LogP contribution in [0.3, 0.4) is 0 Å². The van der Waals surface area contributed by atoms with E-state index in [4.69, 9.17) is 21.1 Å². The van der Waals surface area contributed by atoms with Crippen LogP contribution in [0, 0.1) is 5.92 Å². The quantitative estimate of drug-likeness (QED) is 0.227. The fraction of sp³-hybridized carbons (Fsp3) is 0.455. The van der Waals surface area contributed by atoms with Crippen molar-refractivity contribution in [3.63, 3.8) is 0 Å². The molecule has 7 heteroatoms. The van der Waals surface area contributed by atoms with E-state index >= 15 is 0 Å². The molecule has 3 aliphatic carbocycles. The smallest absolute Gasteiger partial charge is 0.331 e. The highest BCUT2D eigenvalue weighted by Crippen LogP contribution is 2.56. The zero-order valence-electron chi connectivity index (χ0n) is 22.9. The molecule has 0 radical (unpaired) electrons. The van der Waals surface area contributed by atoms with Crippen molar-refractivity contribution >= 4 is 23.3 Å². The number of benzene rings is 2. The van der Waals surface area contributed by atoms with Crippen LogP contribution in [0.2, 0.25) is 5.02 Å². The van der Waals surface area contributed by atoms with Crippen LogP contribution in [0.25, 0.3) is 0 Å². The van der Waals surface area contributed by atoms with E-state index in [0.29, 0.717) is 48.9 Å². The van der Waals surface area contributed by atoms with Gasteiger partial charge >= 0.3 is 5.97 Å². The normalized spacial score (nSPS) is 26.8. The van der Waals surface area contributed by atoms with E-state index in [0.717, 1.165) is 49.1 Å². The molecule has 2 aromatic carbocycles. The SMILES string of the molecule is COC(=O)C1(Nc2cccc(Cl)c2)CCC2(CC1)c1ccccc1CC2CCCOc1ccnc2c1CCC2F. The number of anilines is 1. The highest BCUT2D eigenvalue weighted by molar-refractivity contribution is 6.30. The van der Waals surface area contributed by atoms with Crippen LogP contribution in [0.1, 0.15) is 73.5 Å². The average Bonchev–Trinajstić information content (AvgIpc) is 3.50. The molecule has 0 bridgehead atoms. The lowest BCUT2D eigenvalue weighted by atomic mass is 9.60. The average molecular weight is 563 g/mol. The van der Waals surface area contributed by atoms with Gasteiger partial charge in [0, 0.05) is 22.5 Å². The number of nitrogens with one attached hydrogen (secondary N) is 1. The number of aromatic nitrogens is 1. The molecular weight excluding hydrogens is 527 g/mol. The summed E-state index contributed by atoms with van der Waals surface area (Å²) in [7, 11) is 1.47. The van der Waals surface area contributed by atoms with Crippen LogP contribution in [-0.2, 0) is 27.8 Å². The molecule has 1 N–H and O–H groups in total. The minimum atomic E-state index is -0.979. The fourth-order valence-corrected chi connectivity index (χ4v) is 7.72. The Kier molecular flexibility index (Phi) is 7.47. The number of halogens is 2. The molecule has 3 aliphatic rings. The fourth-order valence-electron chi connectivity index (χ4n) is 7.53. The third-order valence-electron chi connectivity index (χ3n) is 9.53. The number of fused-ring (bicyclic) bond motifs is 3. The van der Waals surface area contributed by atoms with Gasteiger partial charge in [-0.25, -0.2) is 9.18 Å². The van der Waals surface area contributed by atoms with Gasteiger partial charge in [0.15, 0.2) is 0 Å². The van der Waals surface area contributed by atoms with Gasteiger partial charge in [-0.1, -0.05) is 41.9 Å². The summed E-state index contributed by atoms with van der Waals surface area (Å²) in [4.78, 5) is 17.4. The summed E-state index contributed by atoms with van der Waals surface area (Å²) < 4.78 is 25.6. The van der Waals surface area contributed by atoms with Gasteiger partial charge in [-0.2, -0.15) is 0 Å². The maximum Gasteiger partial charge on any atom is 0.331 e. The molecule has 1 spiro atoms. The van der Waals surface area contributed by atoms with E-state index in [1.807, 2.05) is 30.3 Å². The van der Waals surface area contributed by atoms with E-state index in [2.05, 4.69) is 34.6 Å². The number of rotatable bonds is 8. The van der Waals surface area contributed by atoms with Crippen LogP contribution in [0.5, 0.6) is 5.75 Å². The van der Waals surface area contributed by atoms with Gasteiger partial charge in [0.2, 0.25) is 0 Å². The number of ether oxygens (including phenoxy) is 2. The topological polar surface area (TPSA) is 60.5 Å². The first kappa shape index (κ1) is 27.1. The Balaban J connectivity index is 1.17. The molecule has 40 heavy (non-hydrogen) atoms. The number of alkyl halides is 1. The molecule has 0 amide bonds. The van der Waals surface area contributed by atoms with Crippen LogP contribution < -0.4 is 10.1 Å². The predicted octanol–water partition coefficient (Wildman–Crippen LogP) is 7.56. The van der Waals surface area contributed by atoms with Crippen molar-refractivity contribution in [2.45, 2.75) is 74.9 Å². The maximum absolute atomic E-state index is 14.1. The summed E-state index contributed by atoms with van der Waals surface area (Å²) in [6.07, 6.45) is 7.99. The molecule has 6 rings (SSSR count). The van der Waals surface area contributed by atoms with E-state index in [9.17, 15) is 9.18 Å². The second-order valence-electron chi connectivity index (χ2n) is 11.6. The van der Waals surface area contributed by atoms with Crippen molar-refractivity contribution in [1.29, 1.82) is 0 Å². The zero-order valence-corrected chi connectivity index (χ0v) is 23.7. The first-order valence-electron chi connectivity index (χ1n) is 14.4. The second kappa shape index (κ2) is 11.0. The standard InChI is InChI=1S/C33H36ClFN2O3/c1-39-31(38)33(37-25-9-4-8-24(34)21-25)16-14-32(15-17-33)23(20-22-6-2-3-10-27(22)32)7-5-19-40-29-13-18-36-30-26(29)11-12-28(30)35/h2-4,6,8-10,13,18,21,23,28,37H,5,7,11-12,14-17,19-20H2,1H3. The Morgan fingerprint density at radius 1 is 1.12 bits per heavy atom. The van der Waals surface area contributed by atoms with Crippen LogP contribution in [-0.4, -0.2) is 30.2 Å². The van der Waals surface area contributed by atoms with Crippen molar-refractivity contribution in [3.05, 3.63) is 88.2 Å². The zero-order chi connectivity index (χ0) is 27.7. The van der Waals surface area contributed by atoms with Gasteiger partial charge in [0.25, 0.3) is 0 Å². The molecule has 1 saturated carbocycles. The summed E-state index contributed by atoms with van der Waals surface area (Å²) in [5.41, 5.74) is 4.39. The van der Waals surface area contributed by atoms with Gasteiger partial charge < -0.3 is 14.8 Å². The molecule has 1 heterocycles. The molecule has 5 nitrogen and oxygen atoms in total. The molecule has 3 aromatic rings. The molecule has 1 aromatic heterocycles. The van der Waals surface area contributed by atoms with Gasteiger partial charge in [-0.3, -0.25) is 4.98 Å². The lowest BCUT2D eigenvalue weighted by Crippen LogP contribution is -2.53.